The van der Waals surface area contributed by atoms with Crippen LogP contribution in [-0.2, 0) is 6.42 Å². The second-order valence-electron chi connectivity index (χ2n) is 2.75. The number of aryl methyl sites for hydroxylation is 1. The summed E-state index contributed by atoms with van der Waals surface area (Å²) < 4.78 is 5.26. The van der Waals surface area contributed by atoms with E-state index in [-0.39, 0.29) is 0 Å². The maximum atomic E-state index is 5.90. The van der Waals surface area contributed by atoms with Crippen LogP contribution in [0.15, 0.2) is 28.9 Å². The van der Waals surface area contributed by atoms with Crippen LogP contribution in [-0.4, -0.2) is 0 Å². The van der Waals surface area contributed by atoms with Crippen molar-refractivity contribution in [3.05, 3.63) is 35.0 Å². The molecule has 0 aliphatic carbocycles. The minimum absolute atomic E-state index is 0.745. The lowest BCUT2D eigenvalue weighted by Crippen LogP contribution is -1.80. The highest BCUT2D eigenvalue weighted by Gasteiger charge is 2.03. The van der Waals surface area contributed by atoms with Crippen molar-refractivity contribution in [3.63, 3.8) is 0 Å². The minimum Gasteiger partial charge on any atom is -0.464 e. The molecule has 0 saturated carbocycles. The molecule has 0 atom stereocenters. The number of hydrogen-bond donors (Lipinski definition) is 0. The molecule has 1 aromatic heterocycles. The molecule has 0 spiro atoms. The highest BCUT2D eigenvalue weighted by molar-refractivity contribution is 6.31. The summed E-state index contributed by atoms with van der Waals surface area (Å²) in [5.74, 6) is 0. The molecule has 62 valence electrons. The van der Waals surface area contributed by atoms with Crippen LogP contribution in [0.4, 0.5) is 0 Å². The van der Waals surface area contributed by atoms with Crippen LogP contribution in [0.2, 0.25) is 5.02 Å². The summed E-state index contributed by atoms with van der Waals surface area (Å²) in [7, 11) is 0. The van der Waals surface area contributed by atoms with E-state index in [1.165, 1.54) is 10.9 Å². The van der Waals surface area contributed by atoms with Crippen LogP contribution in [0, 0.1) is 0 Å². The fourth-order valence-corrected chi connectivity index (χ4v) is 1.63. The van der Waals surface area contributed by atoms with Gasteiger partial charge in [-0.1, -0.05) is 18.5 Å². The molecule has 0 bridgehead atoms. The van der Waals surface area contributed by atoms with Crippen molar-refractivity contribution in [1.82, 2.24) is 0 Å². The van der Waals surface area contributed by atoms with Gasteiger partial charge in [-0.05, 0) is 24.1 Å². The van der Waals surface area contributed by atoms with E-state index in [0.29, 0.717) is 0 Å². The van der Waals surface area contributed by atoms with E-state index in [4.69, 9.17) is 16.0 Å². The molecule has 0 saturated heterocycles. The average Bonchev–Trinajstić information content (AvgIpc) is 2.50. The van der Waals surface area contributed by atoms with Crippen molar-refractivity contribution in [2.45, 2.75) is 13.3 Å². The van der Waals surface area contributed by atoms with Crippen LogP contribution in [0.25, 0.3) is 11.0 Å². The molecule has 1 heterocycles. The lowest BCUT2D eigenvalue weighted by atomic mass is 10.1. The molecular weight excluding hydrogens is 172 g/mol. The molecule has 0 aliphatic rings. The summed E-state index contributed by atoms with van der Waals surface area (Å²) >= 11 is 5.90. The first-order chi connectivity index (χ1) is 5.81. The van der Waals surface area contributed by atoms with Crippen LogP contribution in [0.1, 0.15) is 12.5 Å². The summed E-state index contributed by atoms with van der Waals surface area (Å²) in [6.07, 6.45) is 2.68. The second-order valence-corrected chi connectivity index (χ2v) is 3.19. The van der Waals surface area contributed by atoms with Crippen molar-refractivity contribution in [3.8, 4) is 0 Å². The number of benzene rings is 1. The predicted octanol–water partition coefficient (Wildman–Crippen LogP) is 3.65. The summed E-state index contributed by atoms with van der Waals surface area (Å²) in [6, 6.07) is 5.81. The topological polar surface area (TPSA) is 13.1 Å². The molecule has 1 nitrogen and oxygen atoms in total. The fraction of sp³-hybridized carbons (Fsp3) is 0.200. The van der Waals surface area contributed by atoms with Gasteiger partial charge in [-0.15, -0.1) is 0 Å². The Morgan fingerprint density at radius 2 is 2.25 bits per heavy atom. The lowest BCUT2D eigenvalue weighted by Gasteiger charge is -1.98. The molecular formula is C10H9ClO. The largest absolute Gasteiger partial charge is 0.464 e. The second kappa shape index (κ2) is 2.83. The lowest BCUT2D eigenvalue weighted by molar-refractivity contribution is 0.616. The van der Waals surface area contributed by atoms with Crippen LogP contribution >= 0.6 is 11.6 Å². The van der Waals surface area contributed by atoms with Crippen LogP contribution < -0.4 is 0 Å². The summed E-state index contributed by atoms with van der Waals surface area (Å²) in [5.41, 5.74) is 2.12. The maximum absolute atomic E-state index is 5.90. The first kappa shape index (κ1) is 7.69. The Morgan fingerprint density at radius 1 is 1.42 bits per heavy atom. The number of hydrogen-bond acceptors (Lipinski definition) is 1. The van der Waals surface area contributed by atoms with Crippen molar-refractivity contribution in [2.75, 3.05) is 0 Å². The van der Waals surface area contributed by atoms with E-state index in [0.717, 1.165) is 17.0 Å². The first-order valence-electron chi connectivity index (χ1n) is 3.97. The zero-order valence-electron chi connectivity index (χ0n) is 6.80. The fourth-order valence-electron chi connectivity index (χ4n) is 1.40. The number of fused-ring (bicyclic) bond motifs is 1. The molecule has 0 aliphatic heterocycles. The van der Waals surface area contributed by atoms with Gasteiger partial charge in [0.05, 0.1) is 6.26 Å². The van der Waals surface area contributed by atoms with Crippen LogP contribution in [0.3, 0.4) is 0 Å². The molecule has 0 fully saturated rings. The minimum atomic E-state index is 0.745. The van der Waals surface area contributed by atoms with Crippen molar-refractivity contribution >= 4 is 22.6 Å². The van der Waals surface area contributed by atoms with Gasteiger partial charge in [0.15, 0.2) is 0 Å². The maximum Gasteiger partial charge on any atom is 0.135 e. The van der Waals surface area contributed by atoms with Gasteiger partial charge >= 0.3 is 0 Å². The van der Waals surface area contributed by atoms with E-state index in [2.05, 4.69) is 6.92 Å². The quantitative estimate of drug-likeness (QED) is 0.653. The standard InChI is InChI=1S/C10H9ClO/c1-2-7-5-8(11)6-10-9(7)3-4-12-10/h3-6H,2H2,1H3. The van der Waals surface area contributed by atoms with Crippen molar-refractivity contribution < 1.29 is 4.42 Å². The van der Waals surface area contributed by atoms with Gasteiger partial charge in [0.1, 0.15) is 5.58 Å². The number of furan rings is 1. The molecule has 0 N–H and O–H groups in total. The Morgan fingerprint density at radius 3 is 3.00 bits per heavy atom. The first-order valence-corrected chi connectivity index (χ1v) is 4.34. The molecule has 2 aromatic rings. The Kier molecular flexibility index (Phi) is 1.81. The SMILES string of the molecule is CCc1cc(Cl)cc2occc12. The molecule has 12 heavy (non-hydrogen) atoms. The van der Waals surface area contributed by atoms with E-state index >= 15 is 0 Å². The molecule has 0 amide bonds. The predicted molar refractivity (Wildman–Crippen MR) is 50.6 cm³/mol. The third-order valence-electron chi connectivity index (χ3n) is 2.00. The summed E-state index contributed by atoms with van der Waals surface area (Å²) in [6.45, 7) is 2.11. The number of halogens is 1. The average molecular weight is 181 g/mol. The van der Waals surface area contributed by atoms with Gasteiger partial charge < -0.3 is 4.42 Å². The highest BCUT2D eigenvalue weighted by Crippen LogP contribution is 2.25. The van der Waals surface area contributed by atoms with Gasteiger partial charge in [-0.25, -0.2) is 0 Å². The van der Waals surface area contributed by atoms with Crippen molar-refractivity contribution in [2.24, 2.45) is 0 Å². The normalized spacial score (nSPS) is 10.8. The Balaban J connectivity index is 2.80. The third-order valence-corrected chi connectivity index (χ3v) is 2.22. The van der Waals surface area contributed by atoms with Gasteiger partial charge in [-0.2, -0.15) is 0 Å². The van der Waals surface area contributed by atoms with E-state index in [9.17, 15) is 0 Å². The molecule has 0 radical (unpaired) electrons. The smallest absolute Gasteiger partial charge is 0.135 e. The Hall–Kier alpha value is -0.950. The van der Waals surface area contributed by atoms with E-state index < -0.39 is 0 Å². The zero-order valence-corrected chi connectivity index (χ0v) is 7.56. The molecule has 2 heteroatoms. The third kappa shape index (κ3) is 1.10. The van der Waals surface area contributed by atoms with Gasteiger partial charge in [0, 0.05) is 16.5 Å². The van der Waals surface area contributed by atoms with Crippen LogP contribution in [0.5, 0.6) is 0 Å². The Bertz CT molecular complexity index is 403. The van der Waals surface area contributed by atoms with Gasteiger partial charge in [0.2, 0.25) is 0 Å². The van der Waals surface area contributed by atoms with E-state index in [1.54, 1.807) is 6.26 Å². The van der Waals surface area contributed by atoms with Gasteiger partial charge in [-0.3, -0.25) is 0 Å². The Labute approximate surface area is 75.9 Å². The molecule has 1 aromatic carbocycles. The highest BCUT2D eigenvalue weighted by atomic mass is 35.5. The summed E-state index contributed by atoms with van der Waals surface area (Å²) in [5, 5.41) is 1.91. The summed E-state index contributed by atoms with van der Waals surface area (Å²) in [4.78, 5) is 0. The van der Waals surface area contributed by atoms with Gasteiger partial charge in [0.25, 0.3) is 0 Å². The zero-order chi connectivity index (χ0) is 8.55. The number of rotatable bonds is 1. The molecule has 0 unspecified atom stereocenters. The van der Waals surface area contributed by atoms with Crippen molar-refractivity contribution in [1.29, 1.82) is 0 Å². The van der Waals surface area contributed by atoms with E-state index in [1.807, 2.05) is 18.2 Å². The monoisotopic (exact) mass is 180 g/mol. The molecule has 2 rings (SSSR count).